The van der Waals surface area contributed by atoms with Crippen molar-refractivity contribution in [2.45, 2.75) is 104 Å². The van der Waals surface area contributed by atoms with E-state index >= 15 is 0 Å². The summed E-state index contributed by atoms with van der Waals surface area (Å²) < 4.78 is 0. The molecule has 30 heavy (non-hydrogen) atoms. The van der Waals surface area contributed by atoms with Gasteiger partial charge in [0.2, 0.25) is 5.91 Å². The standard InChI is InChI=1S/C26H45N3O/c1-7-8-9-10-11-12-13-24(19-27-6)29-26(30)17-14-22(5)28-25-16-15-23(20(2)3)18-21(25)4/h15-16,18,20,24,27H,7-14,17,19H2,1-6H3,(H,29,30)/b28-22+. The van der Waals surface area contributed by atoms with Crippen molar-refractivity contribution in [3.05, 3.63) is 29.3 Å². The second kappa shape index (κ2) is 15.2. The fourth-order valence-electron chi connectivity index (χ4n) is 3.66. The number of hydrogen-bond acceptors (Lipinski definition) is 3. The summed E-state index contributed by atoms with van der Waals surface area (Å²) in [6, 6.07) is 6.68. The molecule has 4 heteroatoms. The van der Waals surface area contributed by atoms with Crippen LogP contribution in [0.3, 0.4) is 0 Å². The van der Waals surface area contributed by atoms with Gasteiger partial charge in [-0.25, -0.2) is 0 Å². The molecule has 0 aliphatic rings. The van der Waals surface area contributed by atoms with Crippen LogP contribution >= 0.6 is 0 Å². The maximum atomic E-state index is 12.5. The quantitative estimate of drug-likeness (QED) is 0.256. The lowest BCUT2D eigenvalue weighted by Crippen LogP contribution is -2.41. The number of aliphatic imine (C=N–C) groups is 1. The van der Waals surface area contributed by atoms with Gasteiger partial charge in [-0.2, -0.15) is 0 Å². The molecule has 0 aliphatic carbocycles. The average molecular weight is 416 g/mol. The molecular weight excluding hydrogens is 370 g/mol. The van der Waals surface area contributed by atoms with Crippen molar-refractivity contribution in [2.75, 3.05) is 13.6 Å². The van der Waals surface area contributed by atoms with E-state index in [1.165, 1.54) is 49.7 Å². The largest absolute Gasteiger partial charge is 0.352 e. The van der Waals surface area contributed by atoms with Crippen LogP contribution in [0.4, 0.5) is 5.69 Å². The molecule has 1 aromatic carbocycles. The smallest absolute Gasteiger partial charge is 0.220 e. The van der Waals surface area contributed by atoms with Gasteiger partial charge >= 0.3 is 0 Å². The first kappa shape index (κ1) is 26.4. The Morgan fingerprint density at radius 1 is 1.07 bits per heavy atom. The number of carbonyl (C=O) groups is 1. The molecule has 170 valence electrons. The van der Waals surface area contributed by atoms with Gasteiger partial charge in [0.15, 0.2) is 0 Å². The Morgan fingerprint density at radius 3 is 2.40 bits per heavy atom. The summed E-state index contributed by atoms with van der Waals surface area (Å²) in [5.74, 6) is 0.649. The number of benzene rings is 1. The third-order valence-corrected chi connectivity index (χ3v) is 5.63. The van der Waals surface area contributed by atoms with Gasteiger partial charge in [0, 0.05) is 24.7 Å². The van der Waals surface area contributed by atoms with Crippen molar-refractivity contribution < 1.29 is 4.79 Å². The predicted molar refractivity (Wildman–Crippen MR) is 131 cm³/mol. The lowest BCUT2D eigenvalue weighted by Gasteiger charge is -2.18. The van der Waals surface area contributed by atoms with E-state index in [-0.39, 0.29) is 11.9 Å². The summed E-state index contributed by atoms with van der Waals surface area (Å²) in [6.45, 7) is 11.6. The van der Waals surface area contributed by atoms with Gasteiger partial charge in [-0.05, 0) is 56.8 Å². The van der Waals surface area contributed by atoms with Crippen molar-refractivity contribution in [3.8, 4) is 0 Å². The first-order valence-corrected chi connectivity index (χ1v) is 12.0. The number of aryl methyl sites for hydroxylation is 1. The van der Waals surface area contributed by atoms with Crippen molar-refractivity contribution in [2.24, 2.45) is 4.99 Å². The van der Waals surface area contributed by atoms with Crippen LogP contribution in [0.1, 0.15) is 103 Å². The van der Waals surface area contributed by atoms with Crippen LogP contribution < -0.4 is 10.6 Å². The summed E-state index contributed by atoms with van der Waals surface area (Å²) in [5, 5.41) is 6.43. The minimum atomic E-state index is 0.127. The molecule has 0 bridgehead atoms. The maximum Gasteiger partial charge on any atom is 0.220 e. The highest BCUT2D eigenvalue weighted by Crippen LogP contribution is 2.24. The summed E-state index contributed by atoms with van der Waals surface area (Å²) in [5.41, 5.74) is 4.54. The minimum Gasteiger partial charge on any atom is -0.352 e. The molecule has 1 aromatic rings. The fraction of sp³-hybridized carbons (Fsp3) is 0.692. The maximum absolute atomic E-state index is 12.5. The number of amides is 1. The van der Waals surface area contributed by atoms with Crippen molar-refractivity contribution >= 4 is 17.3 Å². The van der Waals surface area contributed by atoms with Gasteiger partial charge in [0.25, 0.3) is 0 Å². The van der Waals surface area contributed by atoms with Crippen LogP contribution in [-0.2, 0) is 4.79 Å². The van der Waals surface area contributed by atoms with Crippen molar-refractivity contribution in [1.29, 1.82) is 0 Å². The molecule has 0 aliphatic heterocycles. The normalized spacial score (nSPS) is 13.0. The van der Waals surface area contributed by atoms with Gasteiger partial charge < -0.3 is 10.6 Å². The van der Waals surface area contributed by atoms with Gasteiger partial charge in [-0.15, -0.1) is 0 Å². The molecular formula is C26H45N3O. The summed E-state index contributed by atoms with van der Waals surface area (Å²) in [7, 11) is 1.95. The average Bonchev–Trinajstić information content (AvgIpc) is 2.70. The van der Waals surface area contributed by atoms with Crippen molar-refractivity contribution in [1.82, 2.24) is 10.6 Å². The molecule has 1 rings (SSSR count). The highest BCUT2D eigenvalue weighted by Gasteiger charge is 2.12. The number of nitrogens with zero attached hydrogens (tertiary/aromatic N) is 1. The molecule has 0 heterocycles. The zero-order valence-electron chi connectivity index (χ0n) is 20.3. The molecule has 0 saturated heterocycles. The SMILES string of the molecule is CCCCCCCCC(CNC)NC(=O)CC/C(C)=N/c1ccc(C(C)C)cc1C. The van der Waals surface area contributed by atoms with Crippen LogP contribution in [0, 0.1) is 6.92 Å². The van der Waals surface area contributed by atoms with Crippen LogP contribution in [-0.4, -0.2) is 31.3 Å². The fourth-order valence-corrected chi connectivity index (χ4v) is 3.66. The lowest BCUT2D eigenvalue weighted by molar-refractivity contribution is -0.121. The molecule has 1 unspecified atom stereocenters. The molecule has 1 atom stereocenters. The molecule has 0 aromatic heterocycles. The van der Waals surface area contributed by atoms with Gasteiger partial charge in [-0.3, -0.25) is 9.79 Å². The Kier molecular flexibility index (Phi) is 13.3. The first-order chi connectivity index (χ1) is 14.4. The zero-order chi connectivity index (χ0) is 22.4. The number of hydrogen-bond donors (Lipinski definition) is 2. The molecule has 0 saturated carbocycles. The Labute approximate surface area is 185 Å². The number of carbonyl (C=O) groups excluding carboxylic acids is 1. The predicted octanol–water partition coefficient (Wildman–Crippen LogP) is 6.45. The topological polar surface area (TPSA) is 53.5 Å². The number of nitrogens with one attached hydrogen (secondary N) is 2. The summed E-state index contributed by atoms with van der Waals surface area (Å²) >= 11 is 0. The first-order valence-electron chi connectivity index (χ1n) is 12.0. The second-order valence-electron chi connectivity index (χ2n) is 8.93. The number of likely N-dealkylation sites (N-methyl/N-ethyl adjacent to an activating group) is 1. The zero-order valence-corrected chi connectivity index (χ0v) is 20.3. The van der Waals surface area contributed by atoms with E-state index in [9.17, 15) is 4.79 Å². The van der Waals surface area contributed by atoms with Gasteiger partial charge in [0.05, 0.1) is 5.69 Å². The van der Waals surface area contributed by atoms with E-state index in [1.807, 2.05) is 14.0 Å². The van der Waals surface area contributed by atoms with E-state index in [0.29, 0.717) is 18.8 Å². The highest BCUT2D eigenvalue weighted by molar-refractivity contribution is 5.89. The summed E-state index contributed by atoms with van der Waals surface area (Å²) in [4.78, 5) is 17.2. The Hall–Kier alpha value is -1.68. The van der Waals surface area contributed by atoms with E-state index in [1.54, 1.807) is 0 Å². The number of rotatable bonds is 15. The lowest BCUT2D eigenvalue weighted by atomic mass is 10.0. The van der Waals surface area contributed by atoms with E-state index in [2.05, 4.69) is 56.5 Å². The second-order valence-corrected chi connectivity index (χ2v) is 8.93. The molecule has 2 N–H and O–H groups in total. The number of unbranched alkanes of at least 4 members (excludes halogenated alkanes) is 5. The molecule has 4 nitrogen and oxygen atoms in total. The monoisotopic (exact) mass is 415 g/mol. The molecule has 0 fully saturated rings. The van der Waals surface area contributed by atoms with Crippen LogP contribution in [0.15, 0.2) is 23.2 Å². The van der Waals surface area contributed by atoms with Crippen LogP contribution in [0.5, 0.6) is 0 Å². The Morgan fingerprint density at radius 2 is 1.77 bits per heavy atom. The van der Waals surface area contributed by atoms with E-state index in [0.717, 1.165) is 24.4 Å². The van der Waals surface area contributed by atoms with Crippen molar-refractivity contribution in [3.63, 3.8) is 0 Å². The van der Waals surface area contributed by atoms with Crippen LogP contribution in [0.2, 0.25) is 0 Å². The Bertz CT molecular complexity index is 652. The summed E-state index contributed by atoms with van der Waals surface area (Å²) in [6.07, 6.45) is 9.93. The van der Waals surface area contributed by atoms with Gasteiger partial charge in [-0.1, -0.05) is 71.4 Å². The van der Waals surface area contributed by atoms with Crippen LogP contribution in [0.25, 0.3) is 0 Å². The minimum absolute atomic E-state index is 0.127. The highest BCUT2D eigenvalue weighted by atomic mass is 16.1. The molecule has 1 amide bonds. The van der Waals surface area contributed by atoms with E-state index < -0.39 is 0 Å². The molecule has 0 spiro atoms. The van der Waals surface area contributed by atoms with Gasteiger partial charge in [0.1, 0.15) is 0 Å². The third-order valence-electron chi connectivity index (χ3n) is 5.63. The molecule has 0 radical (unpaired) electrons. The third kappa shape index (κ3) is 10.9. The Balaban J connectivity index is 2.45. The van der Waals surface area contributed by atoms with E-state index in [4.69, 9.17) is 4.99 Å².